The minimum absolute atomic E-state index is 0.745. The minimum atomic E-state index is -4.49. The molecule has 0 fully saturated rings. The van der Waals surface area contributed by atoms with E-state index in [-0.39, 0.29) is 0 Å². The molecular weight excluding hydrogens is 184 g/mol. The van der Waals surface area contributed by atoms with Gasteiger partial charge in [0.15, 0.2) is 0 Å². The second-order valence-electron chi connectivity index (χ2n) is 1.38. The van der Waals surface area contributed by atoms with Crippen LogP contribution >= 0.6 is 8.25 Å². The molecule has 3 nitrogen and oxygen atoms in total. The summed E-state index contributed by atoms with van der Waals surface area (Å²) in [4.78, 5) is 0. The largest absolute Gasteiger partial charge is 0.749 e. The van der Waals surface area contributed by atoms with E-state index in [1.165, 1.54) is 0 Å². The fraction of sp³-hybridized carbons (Fsp3) is 0.500. The number of rotatable bonds is 4. The van der Waals surface area contributed by atoms with Gasteiger partial charge in [-0.3, -0.25) is 0 Å². The van der Waals surface area contributed by atoms with E-state index in [4.69, 9.17) is 0 Å². The summed E-state index contributed by atoms with van der Waals surface area (Å²) in [6, 6.07) is 0. The van der Waals surface area contributed by atoms with Crippen LogP contribution in [0, 0.1) is 0 Å². The molecule has 0 N–H and O–H groups in total. The van der Waals surface area contributed by atoms with Gasteiger partial charge in [0.1, 0.15) is 6.26 Å². The second-order valence-corrected chi connectivity index (χ2v) is 2.30. The first-order valence-electron chi connectivity index (χ1n) is 2.40. The first kappa shape index (κ1) is 10.4. The lowest BCUT2D eigenvalue weighted by molar-refractivity contribution is -0.153. The van der Waals surface area contributed by atoms with Crippen LogP contribution in [-0.4, -0.2) is 12.8 Å². The summed E-state index contributed by atoms with van der Waals surface area (Å²) >= 11 is 0. The van der Waals surface area contributed by atoms with Gasteiger partial charge in [0.25, 0.3) is 0 Å². The lowest BCUT2D eigenvalue weighted by Gasteiger charge is -1.97. The molecule has 11 heavy (non-hydrogen) atoms. The van der Waals surface area contributed by atoms with Gasteiger partial charge in [0, 0.05) is 4.57 Å². The van der Waals surface area contributed by atoms with Gasteiger partial charge in [-0.25, -0.2) is 4.52 Å². The summed E-state index contributed by atoms with van der Waals surface area (Å²) in [6.07, 6.45) is -3.75. The molecule has 0 aromatic heterocycles. The number of halogens is 3. The van der Waals surface area contributed by atoms with E-state index in [9.17, 15) is 17.7 Å². The van der Waals surface area contributed by atoms with Gasteiger partial charge in [-0.05, 0) is 0 Å². The summed E-state index contributed by atoms with van der Waals surface area (Å²) in [5, 5.41) is 0. The first-order valence-corrected chi connectivity index (χ1v) is 3.50. The Labute approximate surface area is 61.7 Å². The summed E-state index contributed by atoms with van der Waals surface area (Å²) in [5.74, 6) is 0. The zero-order valence-corrected chi connectivity index (χ0v) is 6.19. The van der Waals surface area contributed by atoms with Crippen molar-refractivity contribution in [1.82, 2.24) is 0 Å². The molecule has 0 aliphatic rings. The molecule has 1 unspecified atom stereocenters. The normalized spacial score (nSPS) is 12.5. The second kappa shape index (κ2) is 4.31. The van der Waals surface area contributed by atoms with E-state index >= 15 is 0 Å². The van der Waals surface area contributed by atoms with Crippen LogP contribution in [0.2, 0.25) is 0 Å². The van der Waals surface area contributed by atoms with Crippen LogP contribution in [0.15, 0.2) is 12.8 Å². The van der Waals surface area contributed by atoms with Gasteiger partial charge in [-0.1, -0.05) is 6.58 Å². The van der Waals surface area contributed by atoms with Crippen molar-refractivity contribution in [3.05, 3.63) is 12.8 Å². The summed E-state index contributed by atoms with van der Waals surface area (Å²) in [5.41, 5.74) is 0. The van der Waals surface area contributed by atoms with E-state index in [1.54, 1.807) is 0 Å². The van der Waals surface area contributed by atoms with Gasteiger partial charge in [0.2, 0.25) is 6.61 Å². The number of alkyl halides is 3. The Morgan fingerprint density at radius 2 is 2.09 bits per heavy atom. The van der Waals surface area contributed by atoms with Crippen LogP contribution in [0.3, 0.4) is 0 Å². The van der Waals surface area contributed by atoms with Gasteiger partial charge in [-0.2, -0.15) is 13.2 Å². The third kappa shape index (κ3) is 7.29. The highest BCUT2D eigenvalue weighted by Crippen LogP contribution is 2.27. The lowest BCUT2D eigenvalue weighted by Crippen LogP contribution is -2.14. The molecule has 0 saturated heterocycles. The molecule has 64 valence electrons. The average Bonchev–Trinajstić information content (AvgIpc) is 1.83. The van der Waals surface area contributed by atoms with E-state index in [1.807, 2.05) is 0 Å². The molecule has 0 rings (SSSR count). The molecule has 0 radical (unpaired) electrons. The fourth-order valence-corrected chi connectivity index (χ4v) is 0.652. The minimum Gasteiger partial charge on any atom is -0.238 e. The van der Waals surface area contributed by atoms with Crippen molar-refractivity contribution in [1.29, 1.82) is 0 Å². The maximum atomic E-state index is 11.3. The predicted octanol–water partition coefficient (Wildman–Crippen LogP) is 2.38. The Morgan fingerprint density at radius 1 is 1.55 bits per heavy atom. The maximum Gasteiger partial charge on any atom is 0.749 e. The Balaban J connectivity index is 3.54. The summed E-state index contributed by atoms with van der Waals surface area (Å²) < 4.78 is 51.9. The lowest BCUT2D eigenvalue weighted by atomic mass is 10.7. The average molecular weight is 189 g/mol. The number of hydrogen-bond donors (Lipinski definition) is 0. The molecule has 0 heterocycles. The predicted molar refractivity (Wildman–Crippen MR) is 30.9 cm³/mol. The summed E-state index contributed by atoms with van der Waals surface area (Å²) in [7, 11) is -2.73. The third-order valence-electron chi connectivity index (χ3n) is 0.494. The van der Waals surface area contributed by atoms with Crippen LogP contribution < -0.4 is 0 Å². The quantitative estimate of drug-likeness (QED) is 0.503. The Morgan fingerprint density at radius 3 is 2.45 bits per heavy atom. The van der Waals surface area contributed by atoms with Crippen molar-refractivity contribution in [3.8, 4) is 0 Å². The maximum absolute atomic E-state index is 11.3. The standard InChI is InChI=1S/C4H5F3O3P/c1-2-9-11(8)10-3-4(5,6)7/h2H,1,3H2/q+1. The fourth-order valence-electron chi connectivity index (χ4n) is 0.217. The smallest absolute Gasteiger partial charge is 0.238 e. The third-order valence-corrected chi connectivity index (χ3v) is 1.16. The molecule has 1 atom stereocenters. The Kier molecular flexibility index (Phi) is 4.07. The van der Waals surface area contributed by atoms with Crippen molar-refractivity contribution in [2.24, 2.45) is 0 Å². The van der Waals surface area contributed by atoms with Crippen molar-refractivity contribution in [3.63, 3.8) is 0 Å². The highest BCUT2D eigenvalue weighted by Gasteiger charge is 2.34. The van der Waals surface area contributed by atoms with Gasteiger partial charge < -0.3 is 0 Å². The van der Waals surface area contributed by atoms with Crippen molar-refractivity contribution in [2.75, 3.05) is 6.61 Å². The molecule has 7 heteroatoms. The van der Waals surface area contributed by atoms with Gasteiger partial charge in [-0.15, -0.1) is 4.52 Å². The molecule has 0 aromatic carbocycles. The van der Waals surface area contributed by atoms with Gasteiger partial charge in [0.05, 0.1) is 0 Å². The van der Waals surface area contributed by atoms with Crippen LogP contribution in [0.1, 0.15) is 0 Å². The van der Waals surface area contributed by atoms with Gasteiger partial charge >= 0.3 is 14.4 Å². The van der Waals surface area contributed by atoms with Crippen LogP contribution in [0.5, 0.6) is 0 Å². The molecule has 0 amide bonds. The molecular formula is C4H5F3O3P+. The first-order chi connectivity index (χ1) is 4.95. The molecule has 0 aromatic rings. The number of hydrogen-bond acceptors (Lipinski definition) is 3. The van der Waals surface area contributed by atoms with E-state index in [2.05, 4.69) is 15.6 Å². The van der Waals surface area contributed by atoms with Crippen molar-refractivity contribution in [2.45, 2.75) is 6.18 Å². The molecule has 0 aliphatic heterocycles. The van der Waals surface area contributed by atoms with E-state index in [0.29, 0.717) is 0 Å². The van der Waals surface area contributed by atoms with Crippen molar-refractivity contribution < 1.29 is 26.8 Å². The highest BCUT2D eigenvalue weighted by molar-refractivity contribution is 7.33. The zero-order chi connectivity index (χ0) is 8.91. The highest BCUT2D eigenvalue weighted by atomic mass is 31.1. The van der Waals surface area contributed by atoms with Crippen LogP contribution in [0.25, 0.3) is 0 Å². The molecule has 0 aliphatic carbocycles. The molecule has 0 spiro atoms. The monoisotopic (exact) mass is 189 g/mol. The van der Waals surface area contributed by atoms with Crippen LogP contribution in [-0.2, 0) is 13.6 Å². The van der Waals surface area contributed by atoms with Crippen LogP contribution in [0.4, 0.5) is 13.2 Å². The Hall–Kier alpha value is -0.610. The van der Waals surface area contributed by atoms with Crippen molar-refractivity contribution >= 4 is 8.25 Å². The SMILES string of the molecule is C=CO[P+](=O)OCC(F)(F)F. The Bertz CT molecular complexity index is 155. The summed E-state index contributed by atoms with van der Waals surface area (Å²) in [6.45, 7) is 1.39. The zero-order valence-electron chi connectivity index (χ0n) is 5.30. The molecule has 0 saturated carbocycles. The van der Waals surface area contributed by atoms with E-state index < -0.39 is 21.0 Å². The topological polar surface area (TPSA) is 35.5 Å². The van der Waals surface area contributed by atoms with E-state index in [0.717, 1.165) is 6.26 Å². The molecule has 0 bridgehead atoms.